The number of carbonyl (C=O) groups excluding carboxylic acids is 2. The molecule has 7 nitrogen and oxygen atoms in total. The fraction of sp³-hybridized carbons (Fsp3) is 0.167. The first kappa shape index (κ1) is 16.5. The lowest BCUT2D eigenvalue weighted by atomic mass is 10.2. The van der Waals surface area contributed by atoms with Gasteiger partial charge in [0.1, 0.15) is 12.3 Å². The molecule has 0 spiro atoms. The predicted octanol–water partition coefficient (Wildman–Crippen LogP) is 1.26. The van der Waals surface area contributed by atoms with Gasteiger partial charge in [0.15, 0.2) is 0 Å². The number of methoxy groups -OCH3 is 1. The number of para-hydroxylation sites is 1. The Hall–Kier alpha value is -3.35. The maximum absolute atomic E-state index is 12.3. The largest absolute Gasteiger partial charge is 0.497 e. The number of ether oxygens (including phenoxy) is 1. The number of hydrazine groups is 1. The Morgan fingerprint density at radius 1 is 1.24 bits per heavy atom. The van der Waals surface area contributed by atoms with E-state index in [1.54, 1.807) is 19.2 Å². The number of amidine groups is 1. The molecule has 0 aromatic heterocycles. The minimum atomic E-state index is -0.378. The van der Waals surface area contributed by atoms with Gasteiger partial charge in [-0.1, -0.05) is 30.3 Å². The predicted molar refractivity (Wildman–Crippen MR) is 94.2 cm³/mol. The minimum Gasteiger partial charge on any atom is -0.497 e. The van der Waals surface area contributed by atoms with Gasteiger partial charge in [0, 0.05) is 6.54 Å². The van der Waals surface area contributed by atoms with Crippen LogP contribution in [0, 0.1) is 0 Å². The van der Waals surface area contributed by atoms with Crippen LogP contribution < -0.4 is 20.5 Å². The Bertz CT molecular complexity index is 805. The molecule has 1 heterocycles. The van der Waals surface area contributed by atoms with E-state index >= 15 is 0 Å². The average Bonchev–Trinajstić information content (AvgIpc) is 2.67. The van der Waals surface area contributed by atoms with Crippen molar-refractivity contribution in [3.8, 4) is 5.75 Å². The number of hydrogen-bond acceptors (Lipinski definition) is 5. The molecular formula is C18H18N4O3. The van der Waals surface area contributed by atoms with Gasteiger partial charge < -0.3 is 10.1 Å². The first-order chi connectivity index (χ1) is 12.2. The highest BCUT2D eigenvalue weighted by molar-refractivity contribution is 6.39. The van der Waals surface area contributed by atoms with Gasteiger partial charge in [-0.2, -0.15) is 0 Å². The molecule has 0 radical (unpaired) electrons. The number of amides is 2. The summed E-state index contributed by atoms with van der Waals surface area (Å²) in [6.45, 7) is 0.250. The van der Waals surface area contributed by atoms with E-state index in [1.807, 2.05) is 42.5 Å². The van der Waals surface area contributed by atoms with Gasteiger partial charge in [-0.05, 0) is 29.8 Å². The summed E-state index contributed by atoms with van der Waals surface area (Å²) in [4.78, 5) is 28.4. The molecule has 1 aliphatic heterocycles. The van der Waals surface area contributed by atoms with Crippen LogP contribution in [0.5, 0.6) is 5.75 Å². The van der Waals surface area contributed by atoms with Gasteiger partial charge in [0.05, 0.1) is 12.8 Å². The Labute approximate surface area is 145 Å². The van der Waals surface area contributed by atoms with Crippen molar-refractivity contribution in [2.45, 2.75) is 6.54 Å². The molecule has 128 valence electrons. The van der Waals surface area contributed by atoms with Crippen molar-refractivity contribution in [2.75, 3.05) is 18.7 Å². The first-order valence-electron chi connectivity index (χ1n) is 7.77. The molecule has 2 aromatic rings. The monoisotopic (exact) mass is 338 g/mol. The third-order valence-corrected chi connectivity index (χ3v) is 3.66. The highest BCUT2D eigenvalue weighted by Gasteiger charge is 2.25. The van der Waals surface area contributed by atoms with Gasteiger partial charge in [0.2, 0.25) is 5.84 Å². The van der Waals surface area contributed by atoms with Crippen LogP contribution in [0.3, 0.4) is 0 Å². The molecule has 2 N–H and O–H groups in total. The molecule has 0 atom stereocenters. The Morgan fingerprint density at radius 3 is 2.80 bits per heavy atom. The third kappa shape index (κ3) is 3.95. The van der Waals surface area contributed by atoms with Crippen molar-refractivity contribution in [3.63, 3.8) is 0 Å². The second-order valence-electron chi connectivity index (χ2n) is 5.38. The molecule has 2 aromatic carbocycles. The van der Waals surface area contributed by atoms with Crippen LogP contribution in [0.2, 0.25) is 0 Å². The quantitative estimate of drug-likeness (QED) is 0.860. The SMILES string of the molecule is COc1cccc(CNC(=O)C2=NCC(=O)N(c3ccccc3)N2)c1. The number of carbonyl (C=O) groups is 2. The minimum absolute atomic E-state index is 0.0796. The summed E-state index contributed by atoms with van der Waals surface area (Å²) < 4.78 is 5.16. The van der Waals surface area contributed by atoms with Gasteiger partial charge in [-0.25, -0.2) is 5.01 Å². The zero-order valence-electron chi connectivity index (χ0n) is 13.7. The number of hydrogen-bond donors (Lipinski definition) is 2. The van der Waals surface area contributed by atoms with Crippen LogP contribution in [0.1, 0.15) is 5.56 Å². The number of nitrogens with zero attached hydrogens (tertiary/aromatic N) is 2. The lowest BCUT2D eigenvalue weighted by molar-refractivity contribution is -0.118. The lowest BCUT2D eigenvalue weighted by Gasteiger charge is -2.27. The molecule has 0 bridgehead atoms. The van der Waals surface area contributed by atoms with Crippen molar-refractivity contribution >= 4 is 23.3 Å². The normalized spacial score (nSPS) is 13.7. The fourth-order valence-corrected chi connectivity index (χ4v) is 2.38. The molecule has 1 aliphatic rings. The summed E-state index contributed by atoms with van der Waals surface area (Å²) in [7, 11) is 1.59. The van der Waals surface area contributed by atoms with Crippen molar-refractivity contribution in [1.29, 1.82) is 0 Å². The Balaban J connectivity index is 1.65. The molecule has 3 rings (SSSR count). The topological polar surface area (TPSA) is 83.0 Å². The maximum atomic E-state index is 12.3. The van der Waals surface area contributed by atoms with Crippen LogP contribution >= 0.6 is 0 Å². The van der Waals surface area contributed by atoms with Crippen molar-refractivity contribution in [2.24, 2.45) is 4.99 Å². The summed E-state index contributed by atoms with van der Waals surface area (Å²) in [6.07, 6.45) is 0. The second-order valence-corrected chi connectivity index (χ2v) is 5.38. The Kier molecular flexibility index (Phi) is 4.94. The van der Waals surface area contributed by atoms with E-state index in [0.717, 1.165) is 11.3 Å². The van der Waals surface area contributed by atoms with Gasteiger partial charge >= 0.3 is 0 Å². The van der Waals surface area contributed by atoms with Crippen LogP contribution in [-0.2, 0) is 16.1 Å². The molecule has 0 saturated carbocycles. The number of benzene rings is 2. The molecule has 0 saturated heterocycles. The van der Waals surface area contributed by atoms with Crippen LogP contribution in [0.25, 0.3) is 0 Å². The van der Waals surface area contributed by atoms with E-state index in [1.165, 1.54) is 5.01 Å². The highest BCUT2D eigenvalue weighted by Crippen LogP contribution is 2.14. The summed E-state index contributed by atoms with van der Waals surface area (Å²) >= 11 is 0. The van der Waals surface area contributed by atoms with Crippen LogP contribution in [0.15, 0.2) is 59.6 Å². The second kappa shape index (κ2) is 7.48. The van der Waals surface area contributed by atoms with Crippen LogP contribution in [0.4, 0.5) is 5.69 Å². The standard InChI is InChI=1S/C18H18N4O3/c1-25-15-9-5-6-13(10-15)11-20-18(24)17-19-12-16(23)22(21-17)14-7-3-2-4-8-14/h2-10H,11-12H2,1H3,(H,19,21)(H,20,24). The smallest absolute Gasteiger partial charge is 0.288 e. The van der Waals surface area contributed by atoms with Gasteiger partial charge in [-0.3, -0.25) is 20.0 Å². The zero-order valence-corrected chi connectivity index (χ0v) is 13.7. The summed E-state index contributed by atoms with van der Waals surface area (Å²) in [6, 6.07) is 16.5. The summed E-state index contributed by atoms with van der Waals surface area (Å²) in [5.41, 5.74) is 4.33. The molecule has 0 fully saturated rings. The average molecular weight is 338 g/mol. The molecule has 0 aliphatic carbocycles. The number of aliphatic imine (C=N–C) groups is 1. The Morgan fingerprint density at radius 2 is 2.04 bits per heavy atom. The van der Waals surface area contributed by atoms with Crippen molar-refractivity contribution in [3.05, 3.63) is 60.2 Å². The first-order valence-corrected chi connectivity index (χ1v) is 7.77. The number of anilines is 1. The number of rotatable bonds is 5. The van der Waals surface area contributed by atoms with Crippen molar-refractivity contribution < 1.29 is 14.3 Å². The van der Waals surface area contributed by atoms with E-state index in [9.17, 15) is 9.59 Å². The fourth-order valence-electron chi connectivity index (χ4n) is 2.38. The molecular weight excluding hydrogens is 320 g/mol. The lowest BCUT2D eigenvalue weighted by Crippen LogP contribution is -2.55. The molecule has 25 heavy (non-hydrogen) atoms. The van der Waals surface area contributed by atoms with Gasteiger partial charge in [0.25, 0.3) is 11.8 Å². The van der Waals surface area contributed by atoms with Crippen LogP contribution in [-0.4, -0.2) is 31.3 Å². The molecule has 7 heteroatoms. The van der Waals surface area contributed by atoms with E-state index < -0.39 is 0 Å². The zero-order chi connectivity index (χ0) is 17.6. The third-order valence-electron chi connectivity index (χ3n) is 3.66. The van der Waals surface area contributed by atoms with E-state index in [0.29, 0.717) is 12.2 Å². The van der Waals surface area contributed by atoms with Gasteiger partial charge in [-0.15, -0.1) is 0 Å². The molecule has 0 unspecified atom stereocenters. The number of nitrogens with one attached hydrogen (secondary N) is 2. The van der Waals surface area contributed by atoms with E-state index in [-0.39, 0.29) is 24.2 Å². The summed E-state index contributed by atoms with van der Waals surface area (Å²) in [5.74, 6) is 0.221. The molecule has 2 amide bonds. The maximum Gasteiger partial charge on any atom is 0.288 e. The van der Waals surface area contributed by atoms with Crippen molar-refractivity contribution in [1.82, 2.24) is 10.7 Å². The van der Waals surface area contributed by atoms with E-state index in [4.69, 9.17) is 4.74 Å². The summed E-state index contributed by atoms with van der Waals surface area (Å²) in [5, 5.41) is 4.11. The van der Waals surface area contributed by atoms with E-state index in [2.05, 4.69) is 15.7 Å². The highest BCUT2D eigenvalue weighted by atomic mass is 16.5.